The fourth-order valence-electron chi connectivity index (χ4n) is 5.67. The molecule has 0 spiro atoms. The summed E-state index contributed by atoms with van der Waals surface area (Å²) >= 11 is 0. The Morgan fingerprint density at radius 2 is 1.34 bits per heavy atom. The fourth-order valence-corrected chi connectivity index (χ4v) is 5.67. The van der Waals surface area contributed by atoms with E-state index in [4.69, 9.17) is 10.8 Å². The molecule has 3 aromatic carbocycles. The lowest BCUT2D eigenvalue weighted by atomic mass is 9.79. The number of hydrogen-bond acceptors (Lipinski definition) is 3. The number of rotatable bonds is 7. The van der Waals surface area contributed by atoms with Crippen molar-refractivity contribution in [3.8, 4) is 0 Å². The Bertz CT molecular complexity index is 1360. The topological polar surface area (TPSA) is 50.9 Å². The molecule has 3 aromatic rings. The van der Waals surface area contributed by atoms with E-state index in [-0.39, 0.29) is 0 Å². The van der Waals surface area contributed by atoms with Crippen LogP contribution < -0.4 is 4.90 Å². The summed E-state index contributed by atoms with van der Waals surface area (Å²) in [4.78, 5) is 2.27. The molecule has 0 fully saturated rings. The fraction of sp³-hybridized carbons (Fsp3) is 0.200. The highest BCUT2D eigenvalue weighted by Gasteiger charge is 2.24. The van der Waals surface area contributed by atoms with Crippen molar-refractivity contribution < 1.29 is 0 Å². The van der Waals surface area contributed by atoms with E-state index in [9.17, 15) is 0 Å². The zero-order valence-electron chi connectivity index (χ0n) is 22.0. The molecular weight excluding hydrogens is 462 g/mol. The van der Waals surface area contributed by atoms with Crippen molar-refractivity contribution in [2.24, 2.45) is 5.92 Å². The van der Waals surface area contributed by atoms with E-state index in [1.54, 1.807) is 0 Å². The molecule has 0 aliphatic heterocycles. The molecule has 2 aliphatic rings. The highest BCUT2D eigenvalue weighted by Crippen LogP contribution is 2.41. The first kappa shape index (κ1) is 25.4. The first-order chi connectivity index (χ1) is 18.7. The van der Waals surface area contributed by atoms with Crippen LogP contribution in [-0.2, 0) is 0 Å². The van der Waals surface area contributed by atoms with Crippen molar-refractivity contribution in [1.82, 2.24) is 0 Å². The average molecular weight is 498 g/mol. The maximum absolute atomic E-state index is 7.90. The zero-order valence-corrected chi connectivity index (χ0v) is 22.0. The van der Waals surface area contributed by atoms with Gasteiger partial charge >= 0.3 is 0 Å². The third-order valence-corrected chi connectivity index (χ3v) is 7.68. The van der Waals surface area contributed by atoms with Crippen LogP contribution in [-0.4, -0.2) is 12.4 Å². The van der Waals surface area contributed by atoms with Gasteiger partial charge in [-0.3, -0.25) is 0 Å². The summed E-state index contributed by atoms with van der Waals surface area (Å²) in [5.41, 5.74) is 10.5. The Labute approximate surface area is 226 Å². The summed E-state index contributed by atoms with van der Waals surface area (Å²) in [5.74, 6) is 0.577. The number of allylic oxidation sites excluding steroid dienone is 7. The molecule has 5 rings (SSSR count). The first-order valence-corrected chi connectivity index (χ1v) is 13.5. The SMILES string of the molecule is CC1CCCC2=C1CCC(/C=C/c1ccc(N(c3ccccc3)c3ccccc3)cc1)=CC2=C(C=N)C=N. The Morgan fingerprint density at radius 1 is 0.737 bits per heavy atom. The van der Waals surface area contributed by atoms with Gasteiger partial charge in [0.15, 0.2) is 0 Å². The van der Waals surface area contributed by atoms with Crippen molar-refractivity contribution in [2.45, 2.75) is 39.0 Å². The van der Waals surface area contributed by atoms with Crippen LogP contribution in [0.2, 0.25) is 0 Å². The molecule has 0 radical (unpaired) electrons. The number of nitrogens with one attached hydrogen (secondary N) is 2. The maximum Gasteiger partial charge on any atom is 0.0462 e. The summed E-state index contributed by atoms with van der Waals surface area (Å²) in [6.07, 6.45) is 14.8. The predicted octanol–water partition coefficient (Wildman–Crippen LogP) is 9.60. The van der Waals surface area contributed by atoms with Gasteiger partial charge in [-0.15, -0.1) is 0 Å². The van der Waals surface area contributed by atoms with Gasteiger partial charge in [0.05, 0.1) is 0 Å². The molecule has 1 atom stereocenters. The standard InChI is InChI=1S/C35H35N3/c1-26-9-8-14-34-33(26)22-19-28(23-35(34)29(24-36)25-37)16-15-27-17-20-32(21-18-27)38(30-10-4-2-5-11-30)31-12-6-3-7-13-31/h2-7,10-13,15-18,20-21,23-26,36-37H,8-9,14,19,22H2,1H3/b16-15+,35-29?,36-24?,37-25?. The Hall–Kier alpha value is -4.24. The molecule has 3 nitrogen and oxygen atoms in total. The highest BCUT2D eigenvalue weighted by molar-refractivity contribution is 6.04. The minimum atomic E-state index is 0.577. The van der Waals surface area contributed by atoms with Crippen LogP contribution in [0, 0.1) is 16.7 Å². The summed E-state index contributed by atoms with van der Waals surface area (Å²) in [7, 11) is 0. The van der Waals surface area contributed by atoms with Crippen molar-refractivity contribution in [1.29, 1.82) is 10.8 Å². The second-order valence-electron chi connectivity index (χ2n) is 10.1. The van der Waals surface area contributed by atoms with Gasteiger partial charge in [0.25, 0.3) is 0 Å². The molecule has 0 bridgehead atoms. The quantitative estimate of drug-likeness (QED) is 0.314. The lowest BCUT2D eigenvalue weighted by Gasteiger charge is -2.26. The van der Waals surface area contributed by atoms with Gasteiger partial charge in [-0.05, 0) is 96.7 Å². The minimum Gasteiger partial charge on any atom is -0.311 e. The molecule has 2 aliphatic carbocycles. The largest absolute Gasteiger partial charge is 0.311 e. The molecule has 1 unspecified atom stereocenters. The predicted molar refractivity (Wildman–Crippen MR) is 162 cm³/mol. The molecule has 0 amide bonds. The van der Waals surface area contributed by atoms with Gasteiger partial charge in [-0.2, -0.15) is 0 Å². The third-order valence-electron chi connectivity index (χ3n) is 7.68. The van der Waals surface area contributed by atoms with Gasteiger partial charge in [0.1, 0.15) is 0 Å². The Morgan fingerprint density at radius 3 is 1.95 bits per heavy atom. The summed E-state index contributed by atoms with van der Waals surface area (Å²) in [6.45, 7) is 2.33. The average Bonchev–Trinajstić information content (AvgIpc) is 3.15. The number of benzene rings is 3. The van der Waals surface area contributed by atoms with Crippen LogP contribution in [0.1, 0.15) is 44.6 Å². The minimum absolute atomic E-state index is 0.577. The monoisotopic (exact) mass is 497 g/mol. The van der Waals surface area contributed by atoms with Crippen molar-refractivity contribution in [3.63, 3.8) is 0 Å². The summed E-state index contributed by atoms with van der Waals surface area (Å²) in [6, 6.07) is 29.6. The van der Waals surface area contributed by atoms with E-state index in [1.165, 1.54) is 42.0 Å². The van der Waals surface area contributed by atoms with Gasteiger partial charge in [0, 0.05) is 35.1 Å². The molecule has 190 valence electrons. The lowest BCUT2D eigenvalue weighted by molar-refractivity contribution is 0.521. The lowest BCUT2D eigenvalue weighted by Crippen LogP contribution is -2.11. The maximum atomic E-state index is 7.90. The molecule has 3 heteroatoms. The molecule has 0 aromatic heterocycles. The second kappa shape index (κ2) is 11.9. The normalized spacial score (nSPS) is 17.4. The van der Waals surface area contributed by atoms with Crippen LogP contribution in [0.5, 0.6) is 0 Å². The van der Waals surface area contributed by atoms with Gasteiger partial charge in [-0.25, -0.2) is 0 Å². The van der Waals surface area contributed by atoms with Crippen LogP contribution in [0.4, 0.5) is 17.1 Å². The zero-order chi connectivity index (χ0) is 26.3. The number of para-hydroxylation sites is 2. The summed E-state index contributed by atoms with van der Waals surface area (Å²) < 4.78 is 0. The molecule has 0 saturated carbocycles. The summed E-state index contributed by atoms with van der Waals surface area (Å²) in [5, 5.41) is 15.8. The highest BCUT2D eigenvalue weighted by atomic mass is 15.1. The smallest absolute Gasteiger partial charge is 0.0462 e. The van der Waals surface area contributed by atoms with E-state index < -0.39 is 0 Å². The second-order valence-corrected chi connectivity index (χ2v) is 10.1. The molecule has 2 N–H and O–H groups in total. The number of nitrogens with zero attached hydrogens (tertiary/aromatic N) is 1. The van der Waals surface area contributed by atoms with E-state index in [1.807, 2.05) is 12.1 Å². The van der Waals surface area contributed by atoms with Crippen molar-refractivity contribution >= 4 is 35.6 Å². The van der Waals surface area contributed by atoms with Crippen LogP contribution in [0.15, 0.2) is 125 Å². The Balaban J connectivity index is 1.43. The van der Waals surface area contributed by atoms with Crippen LogP contribution in [0.25, 0.3) is 6.08 Å². The van der Waals surface area contributed by atoms with E-state index >= 15 is 0 Å². The first-order valence-electron chi connectivity index (χ1n) is 13.5. The van der Waals surface area contributed by atoms with Crippen molar-refractivity contribution in [2.75, 3.05) is 4.90 Å². The molecule has 0 heterocycles. The third kappa shape index (κ3) is 5.52. The Kier molecular flexibility index (Phi) is 7.94. The number of hydrogen-bond donors (Lipinski definition) is 2. The van der Waals surface area contributed by atoms with Gasteiger partial charge in [-0.1, -0.05) is 79.3 Å². The van der Waals surface area contributed by atoms with Gasteiger partial charge < -0.3 is 15.7 Å². The van der Waals surface area contributed by atoms with Gasteiger partial charge in [0.2, 0.25) is 0 Å². The van der Waals surface area contributed by atoms with Crippen LogP contribution in [0.3, 0.4) is 0 Å². The van der Waals surface area contributed by atoms with Crippen molar-refractivity contribution in [3.05, 3.63) is 131 Å². The molecule has 38 heavy (non-hydrogen) atoms. The van der Waals surface area contributed by atoms with Crippen LogP contribution >= 0.6 is 0 Å². The van der Waals surface area contributed by atoms with E-state index in [0.717, 1.165) is 47.5 Å². The molecule has 0 saturated heterocycles. The van der Waals surface area contributed by atoms with E-state index in [2.05, 4.69) is 103 Å². The number of anilines is 3. The van der Waals surface area contributed by atoms with E-state index in [0.29, 0.717) is 11.5 Å². The molecular formula is C35H35N3.